The number of nitrogens with one attached hydrogen (secondary N) is 1. The zero-order valence-electron chi connectivity index (χ0n) is 11.9. The van der Waals surface area contributed by atoms with E-state index in [4.69, 9.17) is 9.47 Å². The predicted octanol–water partition coefficient (Wildman–Crippen LogP) is 3.32. The van der Waals surface area contributed by atoms with Crippen LogP contribution < -0.4 is 14.8 Å². The lowest BCUT2D eigenvalue weighted by Gasteiger charge is -2.15. The highest BCUT2D eigenvalue weighted by atomic mass is 16.5. The second-order valence-electron chi connectivity index (χ2n) is 4.53. The van der Waals surface area contributed by atoms with E-state index in [1.165, 1.54) is 11.1 Å². The van der Waals surface area contributed by atoms with Crippen LogP contribution in [0.15, 0.2) is 29.8 Å². The molecule has 0 radical (unpaired) electrons. The Bertz CT molecular complexity index is 409. The van der Waals surface area contributed by atoms with E-state index in [0.29, 0.717) is 0 Å². The topological polar surface area (TPSA) is 30.5 Å². The maximum absolute atomic E-state index is 5.31. The van der Waals surface area contributed by atoms with Gasteiger partial charge in [0.05, 0.1) is 14.2 Å². The van der Waals surface area contributed by atoms with Crippen molar-refractivity contribution in [3.05, 3.63) is 35.4 Å². The van der Waals surface area contributed by atoms with Crippen LogP contribution >= 0.6 is 0 Å². The number of rotatable bonds is 6. The van der Waals surface area contributed by atoms with Crippen LogP contribution in [0.2, 0.25) is 0 Å². The highest BCUT2D eigenvalue weighted by molar-refractivity contribution is 5.43. The average Bonchev–Trinajstić information content (AvgIpc) is 2.37. The summed E-state index contributed by atoms with van der Waals surface area (Å²) in [6, 6.07) is 6.29. The highest BCUT2D eigenvalue weighted by Gasteiger charge is 2.09. The molecule has 0 spiro atoms. The third kappa shape index (κ3) is 4.08. The predicted molar refractivity (Wildman–Crippen MR) is 75.4 cm³/mol. The second-order valence-corrected chi connectivity index (χ2v) is 4.53. The third-order valence-corrected chi connectivity index (χ3v) is 2.84. The summed E-state index contributed by atoms with van der Waals surface area (Å²) in [6.07, 6.45) is 2.18. The van der Waals surface area contributed by atoms with Crippen LogP contribution in [0.5, 0.6) is 11.5 Å². The summed E-state index contributed by atoms with van der Waals surface area (Å²) in [4.78, 5) is 0. The van der Waals surface area contributed by atoms with Gasteiger partial charge in [0.25, 0.3) is 0 Å². The summed E-state index contributed by atoms with van der Waals surface area (Å²) < 4.78 is 10.5. The number of allylic oxidation sites excluding steroid dienone is 1. The fourth-order valence-corrected chi connectivity index (χ4v) is 1.68. The minimum absolute atomic E-state index is 0.278. The van der Waals surface area contributed by atoms with Gasteiger partial charge in [0.15, 0.2) is 11.5 Å². The first-order valence-electron chi connectivity index (χ1n) is 6.17. The Morgan fingerprint density at radius 1 is 1.22 bits per heavy atom. The Balaban J connectivity index is 2.74. The molecule has 0 aromatic heterocycles. The molecule has 1 atom stereocenters. The van der Waals surface area contributed by atoms with Crippen molar-refractivity contribution in [3.63, 3.8) is 0 Å². The highest BCUT2D eigenvalue weighted by Crippen LogP contribution is 2.29. The van der Waals surface area contributed by atoms with Gasteiger partial charge in [-0.25, -0.2) is 0 Å². The molecule has 1 unspecified atom stereocenters. The standard InChI is InChI=1S/C15H23NO2/c1-11(2)8-9-16-12(3)13-6-7-14(17-4)15(10-13)18-5/h6-8,10,12,16H,9H2,1-5H3. The summed E-state index contributed by atoms with van der Waals surface area (Å²) in [6.45, 7) is 7.21. The first-order chi connectivity index (χ1) is 8.58. The van der Waals surface area contributed by atoms with Crippen molar-refractivity contribution in [1.29, 1.82) is 0 Å². The molecule has 0 fully saturated rings. The number of hydrogen-bond acceptors (Lipinski definition) is 3. The van der Waals surface area contributed by atoms with Gasteiger partial charge in [0, 0.05) is 12.6 Å². The lowest BCUT2D eigenvalue weighted by Crippen LogP contribution is -2.18. The molecule has 0 aliphatic rings. The summed E-state index contributed by atoms with van der Waals surface area (Å²) in [7, 11) is 3.30. The molecule has 3 nitrogen and oxygen atoms in total. The Morgan fingerprint density at radius 2 is 1.89 bits per heavy atom. The maximum Gasteiger partial charge on any atom is 0.161 e. The van der Waals surface area contributed by atoms with Gasteiger partial charge in [-0.15, -0.1) is 0 Å². The monoisotopic (exact) mass is 249 g/mol. The van der Waals surface area contributed by atoms with Gasteiger partial charge in [-0.1, -0.05) is 17.7 Å². The molecular formula is C15H23NO2. The summed E-state index contributed by atoms with van der Waals surface area (Å²) in [5, 5.41) is 3.45. The molecule has 3 heteroatoms. The molecule has 0 heterocycles. The average molecular weight is 249 g/mol. The van der Waals surface area contributed by atoms with Gasteiger partial charge < -0.3 is 14.8 Å². The molecule has 0 amide bonds. The van der Waals surface area contributed by atoms with Crippen molar-refractivity contribution in [3.8, 4) is 11.5 Å². The molecule has 0 aliphatic heterocycles. The number of hydrogen-bond donors (Lipinski definition) is 1. The van der Waals surface area contributed by atoms with Gasteiger partial charge >= 0.3 is 0 Å². The molecule has 18 heavy (non-hydrogen) atoms. The molecule has 1 aromatic rings. The van der Waals surface area contributed by atoms with E-state index in [2.05, 4.69) is 38.2 Å². The molecule has 0 aliphatic carbocycles. The van der Waals surface area contributed by atoms with Crippen molar-refractivity contribution >= 4 is 0 Å². The Kier molecular flexibility index (Phi) is 5.72. The largest absolute Gasteiger partial charge is 0.493 e. The lowest BCUT2D eigenvalue weighted by molar-refractivity contribution is 0.354. The van der Waals surface area contributed by atoms with Crippen LogP contribution in [0, 0.1) is 0 Å². The molecule has 1 aromatic carbocycles. The number of methoxy groups -OCH3 is 2. The van der Waals surface area contributed by atoms with E-state index in [9.17, 15) is 0 Å². The second kappa shape index (κ2) is 7.07. The van der Waals surface area contributed by atoms with E-state index >= 15 is 0 Å². The SMILES string of the molecule is COc1ccc(C(C)NCC=C(C)C)cc1OC. The van der Waals surface area contributed by atoms with Crippen molar-refractivity contribution in [2.45, 2.75) is 26.8 Å². The molecule has 0 bridgehead atoms. The van der Waals surface area contributed by atoms with Crippen molar-refractivity contribution in [1.82, 2.24) is 5.32 Å². The first kappa shape index (κ1) is 14.6. The third-order valence-electron chi connectivity index (χ3n) is 2.84. The van der Waals surface area contributed by atoms with Gasteiger partial charge in [0.1, 0.15) is 0 Å². The fraction of sp³-hybridized carbons (Fsp3) is 0.467. The summed E-state index contributed by atoms with van der Waals surface area (Å²) in [5.41, 5.74) is 2.51. The molecule has 0 saturated carbocycles. The Morgan fingerprint density at radius 3 is 2.44 bits per heavy atom. The Labute approximate surface area is 110 Å². The van der Waals surface area contributed by atoms with Crippen molar-refractivity contribution in [2.24, 2.45) is 0 Å². The molecule has 100 valence electrons. The van der Waals surface area contributed by atoms with Gasteiger partial charge in [-0.05, 0) is 38.5 Å². The van der Waals surface area contributed by atoms with E-state index in [1.807, 2.05) is 12.1 Å². The van der Waals surface area contributed by atoms with Gasteiger partial charge in [-0.3, -0.25) is 0 Å². The summed E-state index contributed by atoms with van der Waals surface area (Å²) >= 11 is 0. The van der Waals surface area contributed by atoms with Gasteiger partial charge in [-0.2, -0.15) is 0 Å². The molecule has 0 saturated heterocycles. The fourth-order valence-electron chi connectivity index (χ4n) is 1.68. The van der Waals surface area contributed by atoms with E-state index in [0.717, 1.165) is 18.0 Å². The van der Waals surface area contributed by atoms with Crippen molar-refractivity contribution in [2.75, 3.05) is 20.8 Å². The molecule has 1 N–H and O–H groups in total. The zero-order valence-corrected chi connectivity index (χ0v) is 11.9. The zero-order chi connectivity index (χ0) is 13.5. The lowest BCUT2D eigenvalue weighted by atomic mass is 10.1. The smallest absolute Gasteiger partial charge is 0.161 e. The van der Waals surface area contributed by atoms with Gasteiger partial charge in [0.2, 0.25) is 0 Å². The maximum atomic E-state index is 5.31. The number of ether oxygens (including phenoxy) is 2. The number of benzene rings is 1. The normalized spacial score (nSPS) is 11.8. The van der Waals surface area contributed by atoms with Crippen LogP contribution in [0.25, 0.3) is 0 Å². The Hall–Kier alpha value is -1.48. The van der Waals surface area contributed by atoms with E-state index < -0.39 is 0 Å². The minimum Gasteiger partial charge on any atom is -0.493 e. The molecule has 1 rings (SSSR count). The first-order valence-corrected chi connectivity index (χ1v) is 6.17. The van der Waals surface area contributed by atoms with Crippen molar-refractivity contribution < 1.29 is 9.47 Å². The van der Waals surface area contributed by atoms with Crippen LogP contribution in [0.4, 0.5) is 0 Å². The van der Waals surface area contributed by atoms with E-state index in [-0.39, 0.29) is 6.04 Å². The van der Waals surface area contributed by atoms with Crippen LogP contribution in [0.1, 0.15) is 32.4 Å². The molecular weight excluding hydrogens is 226 g/mol. The van der Waals surface area contributed by atoms with Crippen LogP contribution in [-0.2, 0) is 0 Å². The minimum atomic E-state index is 0.278. The van der Waals surface area contributed by atoms with Crippen LogP contribution in [0.3, 0.4) is 0 Å². The van der Waals surface area contributed by atoms with E-state index in [1.54, 1.807) is 14.2 Å². The summed E-state index contributed by atoms with van der Waals surface area (Å²) in [5.74, 6) is 1.53. The quantitative estimate of drug-likeness (QED) is 0.784. The van der Waals surface area contributed by atoms with Crippen LogP contribution in [-0.4, -0.2) is 20.8 Å².